The summed E-state index contributed by atoms with van der Waals surface area (Å²) in [7, 11) is 0. The van der Waals surface area contributed by atoms with E-state index in [0.29, 0.717) is 25.9 Å². The highest BCUT2D eigenvalue weighted by Gasteiger charge is 2.19. The lowest BCUT2D eigenvalue weighted by Crippen LogP contribution is -2.39. The Morgan fingerprint density at radius 2 is 1.94 bits per heavy atom. The molecular weight excluding hydrogens is 232 g/mol. The normalized spacial score (nSPS) is 12.5. The van der Waals surface area contributed by atoms with Crippen molar-refractivity contribution in [3.63, 3.8) is 0 Å². The van der Waals surface area contributed by atoms with Crippen molar-refractivity contribution >= 4 is 11.9 Å². The number of carboxylic acid groups (broad SMARTS) is 1. The number of carbonyl (C=O) groups excluding carboxylic acids is 1. The van der Waals surface area contributed by atoms with Gasteiger partial charge in [-0.25, -0.2) is 0 Å². The van der Waals surface area contributed by atoms with Crippen LogP contribution in [0.2, 0.25) is 0 Å². The first kappa shape index (κ1) is 16.9. The second-order valence-electron chi connectivity index (χ2n) is 4.89. The second-order valence-corrected chi connectivity index (χ2v) is 4.89. The number of hydrogen-bond donors (Lipinski definition) is 2. The maximum Gasteiger partial charge on any atom is 0.303 e. The number of nitrogens with zero attached hydrogens (tertiary/aromatic N) is 1. The first-order chi connectivity index (χ1) is 8.42. The van der Waals surface area contributed by atoms with E-state index in [4.69, 9.17) is 10.8 Å². The third-order valence-electron chi connectivity index (χ3n) is 3.11. The minimum Gasteiger partial charge on any atom is -0.481 e. The Morgan fingerprint density at radius 3 is 2.33 bits per heavy atom. The van der Waals surface area contributed by atoms with Crippen LogP contribution in [0.4, 0.5) is 0 Å². The van der Waals surface area contributed by atoms with Gasteiger partial charge in [-0.15, -0.1) is 0 Å². The summed E-state index contributed by atoms with van der Waals surface area (Å²) >= 11 is 0. The molecule has 0 radical (unpaired) electrons. The highest BCUT2D eigenvalue weighted by Crippen LogP contribution is 2.12. The third kappa shape index (κ3) is 6.59. The lowest BCUT2D eigenvalue weighted by atomic mass is 10.0. The molecule has 18 heavy (non-hydrogen) atoms. The lowest BCUT2D eigenvalue weighted by Gasteiger charge is -2.28. The molecule has 0 bridgehead atoms. The van der Waals surface area contributed by atoms with Crippen LogP contribution in [0.3, 0.4) is 0 Å². The summed E-state index contributed by atoms with van der Waals surface area (Å²) < 4.78 is 0. The molecule has 0 fully saturated rings. The highest BCUT2D eigenvalue weighted by molar-refractivity contribution is 5.76. The molecule has 5 nitrogen and oxygen atoms in total. The zero-order chi connectivity index (χ0) is 14.1. The Hall–Kier alpha value is -1.10. The van der Waals surface area contributed by atoms with Crippen molar-refractivity contribution in [1.82, 2.24) is 4.90 Å². The summed E-state index contributed by atoms with van der Waals surface area (Å²) in [6, 6.07) is 0.0987. The Morgan fingerprint density at radius 1 is 1.33 bits per heavy atom. The lowest BCUT2D eigenvalue weighted by molar-refractivity contribution is -0.139. The van der Waals surface area contributed by atoms with Crippen molar-refractivity contribution < 1.29 is 14.7 Å². The first-order valence-corrected chi connectivity index (χ1v) is 6.63. The van der Waals surface area contributed by atoms with Crippen LogP contribution < -0.4 is 5.73 Å². The van der Waals surface area contributed by atoms with Gasteiger partial charge in [-0.2, -0.15) is 0 Å². The number of carbonyl (C=O) groups is 2. The fraction of sp³-hybridized carbons (Fsp3) is 0.846. The molecule has 0 heterocycles. The van der Waals surface area contributed by atoms with Crippen molar-refractivity contribution in [3.8, 4) is 0 Å². The standard InChI is InChI=1S/C13H26N2O3/c1-4-11(9-14)8-12(16)15(10(2)3)7-5-6-13(17)18/h10-11H,4-9,14H2,1-3H3,(H,17,18). The molecule has 0 spiro atoms. The van der Waals surface area contributed by atoms with E-state index in [-0.39, 0.29) is 24.3 Å². The zero-order valence-electron chi connectivity index (χ0n) is 11.7. The van der Waals surface area contributed by atoms with Crippen LogP contribution in [-0.4, -0.2) is 41.0 Å². The van der Waals surface area contributed by atoms with Gasteiger partial charge in [-0.1, -0.05) is 13.3 Å². The largest absolute Gasteiger partial charge is 0.481 e. The minimum atomic E-state index is -0.820. The molecule has 1 amide bonds. The number of carboxylic acids is 1. The number of amides is 1. The highest BCUT2D eigenvalue weighted by atomic mass is 16.4. The molecule has 0 aromatic carbocycles. The van der Waals surface area contributed by atoms with E-state index in [0.717, 1.165) is 6.42 Å². The molecule has 3 N–H and O–H groups in total. The number of nitrogens with two attached hydrogens (primary N) is 1. The van der Waals surface area contributed by atoms with Crippen molar-refractivity contribution in [3.05, 3.63) is 0 Å². The quantitative estimate of drug-likeness (QED) is 0.656. The predicted molar refractivity (Wildman–Crippen MR) is 71.2 cm³/mol. The topological polar surface area (TPSA) is 83.6 Å². The molecule has 0 aliphatic heterocycles. The average Bonchev–Trinajstić information content (AvgIpc) is 2.30. The molecule has 0 aromatic rings. The maximum absolute atomic E-state index is 12.1. The maximum atomic E-state index is 12.1. The molecule has 1 unspecified atom stereocenters. The van der Waals surface area contributed by atoms with Gasteiger partial charge < -0.3 is 15.7 Å². The fourth-order valence-electron chi connectivity index (χ4n) is 1.83. The van der Waals surface area contributed by atoms with Crippen LogP contribution >= 0.6 is 0 Å². The van der Waals surface area contributed by atoms with Crippen LogP contribution in [0.15, 0.2) is 0 Å². The SMILES string of the molecule is CCC(CN)CC(=O)N(CCCC(=O)O)C(C)C. The summed E-state index contributed by atoms with van der Waals surface area (Å²) in [6.45, 7) is 6.94. The van der Waals surface area contributed by atoms with Gasteiger partial charge in [0.2, 0.25) is 5.91 Å². The first-order valence-electron chi connectivity index (χ1n) is 6.63. The third-order valence-corrected chi connectivity index (χ3v) is 3.11. The van der Waals surface area contributed by atoms with Gasteiger partial charge in [-0.3, -0.25) is 9.59 Å². The fourth-order valence-corrected chi connectivity index (χ4v) is 1.83. The zero-order valence-corrected chi connectivity index (χ0v) is 11.7. The number of aliphatic carboxylic acids is 1. The molecule has 0 aromatic heterocycles. The monoisotopic (exact) mass is 258 g/mol. The van der Waals surface area contributed by atoms with Gasteiger partial charge in [0.1, 0.15) is 0 Å². The second kappa shape index (κ2) is 8.91. The van der Waals surface area contributed by atoms with Crippen LogP contribution in [0, 0.1) is 5.92 Å². The molecule has 0 aliphatic carbocycles. The van der Waals surface area contributed by atoms with Crippen LogP contribution in [0.1, 0.15) is 46.5 Å². The van der Waals surface area contributed by atoms with Crippen molar-refractivity contribution in [2.75, 3.05) is 13.1 Å². The van der Waals surface area contributed by atoms with Crippen LogP contribution in [-0.2, 0) is 9.59 Å². The van der Waals surface area contributed by atoms with E-state index in [2.05, 4.69) is 0 Å². The Labute approximate surface area is 109 Å². The average molecular weight is 258 g/mol. The van der Waals surface area contributed by atoms with Crippen LogP contribution in [0.25, 0.3) is 0 Å². The molecule has 0 aliphatic rings. The van der Waals surface area contributed by atoms with Gasteiger partial charge in [0.25, 0.3) is 0 Å². The van der Waals surface area contributed by atoms with E-state index in [1.54, 1.807) is 4.90 Å². The number of rotatable bonds is 9. The van der Waals surface area contributed by atoms with Gasteiger partial charge in [-0.05, 0) is 32.7 Å². The molecule has 5 heteroatoms. The smallest absolute Gasteiger partial charge is 0.303 e. The Balaban J connectivity index is 4.31. The van der Waals surface area contributed by atoms with Gasteiger partial charge in [0.15, 0.2) is 0 Å². The predicted octanol–water partition coefficient (Wildman–Crippen LogP) is 1.46. The van der Waals surface area contributed by atoms with E-state index < -0.39 is 5.97 Å². The molecule has 0 rings (SSSR count). The van der Waals surface area contributed by atoms with Gasteiger partial charge in [0, 0.05) is 25.4 Å². The minimum absolute atomic E-state index is 0.0766. The van der Waals surface area contributed by atoms with E-state index >= 15 is 0 Å². The molecule has 106 valence electrons. The summed E-state index contributed by atoms with van der Waals surface area (Å²) in [5, 5.41) is 8.61. The van der Waals surface area contributed by atoms with Crippen molar-refractivity contribution in [2.24, 2.45) is 11.7 Å². The van der Waals surface area contributed by atoms with Crippen LogP contribution in [0.5, 0.6) is 0 Å². The summed E-state index contributed by atoms with van der Waals surface area (Å²) in [5.74, 6) is -0.523. The van der Waals surface area contributed by atoms with E-state index in [1.165, 1.54) is 0 Å². The number of hydrogen-bond acceptors (Lipinski definition) is 3. The summed E-state index contributed by atoms with van der Waals surface area (Å²) in [6.07, 6.45) is 1.95. The molecule has 1 atom stereocenters. The molecular formula is C13H26N2O3. The van der Waals surface area contributed by atoms with Gasteiger partial charge in [0.05, 0.1) is 0 Å². The Kier molecular flexibility index (Phi) is 8.37. The Bertz CT molecular complexity index is 263. The molecule has 0 saturated heterocycles. The molecule has 0 saturated carbocycles. The van der Waals surface area contributed by atoms with Crippen molar-refractivity contribution in [1.29, 1.82) is 0 Å². The van der Waals surface area contributed by atoms with Gasteiger partial charge >= 0.3 is 5.97 Å². The summed E-state index contributed by atoms with van der Waals surface area (Å²) in [5.41, 5.74) is 5.60. The summed E-state index contributed by atoms with van der Waals surface area (Å²) in [4.78, 5) is 24.3. The van der Waals surface area contributed by atoms with Crippen molar-refractivity contribution in [2.45, 2.75) is 52.5 Å². The van der Waals surface area contributed by atoms with E-state index in [1.807, 2.05) is 20.8 Å². The van der Waals surface area contributed by atoms with E-state index in [9.17, 15) is 9.59 Å².